The van der Waals surface area contributed by atoms with E-state index in [1.807, 2.05) is 30.3 Å². The molecular formula is C13H14N2O3S. The van der Waals surface area contributed by atoms with E-state index in [1.54, 1.807) is 0 Å². The average Bonchev–Trinajstić information content (AvgIpc) is 3.18. The molecule has 3 rings (SSSR count). The first-order valence-electron chi connectivity index (χ1n) is 6.13. The van der Waals surface area contributed by atoms with Crippen molar-refractivity contribution in [3.05, 3.63) is 42.4 Å². The van der Waals surface area contributed by atoms with Crippen LogP contribution in [-0.2, 0) is 16.6 Å². The number of nitrogens with zero attached hydrogens (tertiary/aromatic N) is 1. The molecule has 0 aliphatic heterocycles. The first kappa shape index (κ1) is 12.4. The minimum absolute atomic E-state index is 0.166. The second-order valence-corrected chi connectivity index (χ2v) is 6.61. The van der Waals surface area contributed by atoms with Gasteiger partial charge in [0.2, 0.25) is 10.0 Å². The Bertz CT molecular complexity index is 660. The van der Waals surface area contributed by atoms with Crippen molar-refractivity contribution in [3.63, 3.8) is 0 Å². The van der Waals surface area contributed by atoms with Gasteiger partial charge < -0.3 is 4.42 Å². The number of hydrogen-bond acceptors (Lipinski definition) is 4. The van der Waals surface area contributed by atoms with Gasteiger partial charge in [0.15, 0.2) is 12.2 Å². The fourth-order valence-corrected chi connectivity index (χ4v) is 3.21. The van der Waals surface area contributed by atoms with Gasteiger partial charge in [0.25, 0.3) is 0 Å². The van der Waals surface area contributed by atoms with E-state index in [0.717, 1.165) is 18.4 Å². The minimum Gasteiger partial charge on any atom is -0.443 e. The van der Waals surface area contributed by atoms with E-state index >= 15 is 0 Å². The van der Waals surface area contributed by atoms with E-state index < -0.39 is 10.0 Å². The molecule has 0 saturated heterocycles. The number of nitrogens with one attached hydrogen (secondary N) is 1. The van der Waals surface area contributed by atoms with Gasteiger partial charge in [0.05, 0.1) is 11.8 Å². The first-order chi connectivity index (χ1) is 9.17. The van der Waals surface area contributed by atoms with Crippen LogP contribution in [0.1, 0.15) is 18.5 Å². The van der Waals surface area contributed by atoms with Crippen LogP contribution in [0.5, 0.6) is 0 Å². The average molecular weight is 278 g/mol. The molecule has 0 spiro atoms. The van der Waals surface area contributed by atoms with Gasteiger partial charge in [-0.25, -0.2) is 18.1 Å². The summed E-state index contributed by atoms with van der Waals surface area (Å²) in [5.41, 5.74) is 1.50. The summed E-state index contributed by atoms with van der Waals surface area (Å²) >= 11 is 0. The van der Waals surface area contributed by atoms with Gasteiger partial charge in [0.1, 0.15) is 5.69 Å². The summed E-state index contributed by atoms with van der Waals surface area (Å²) < 4.78 is 31.5. The summed E-state index contributed by atoms with van der Waals surface area (Å²) in [5, 5.41) is -0.223. The second kappa shape index (κ2) is 4.79. The maximum atomic E-state index is 11.8. The smallest absolute Gasteiger partial charge is 0.214 e. The summed E-state index contributed by atoms with van der Waals surface area (Å²) in [4.78, 5) is 4.08. The first-order valence-corrected chi connectivity index (χ1v) is 7.68. The van der Waals surface area contributed by atoms with Crippen molar-refractivity contribution in [3.8, 4) is 11.3 Å². The molecule has 0 unspecified atom stereocenters. The van der Waals surface area contributed by atoms with E-state index in [-0.39, 0.29) is 11.8 Å². The lowest BCUT2D eigenvalue weighted by atomic mass is 10.1. The SMILES string of the molecule is O=S(=O)(NCc1ncoc1-c1ccccc1)C1CC1. The number of sulfonamides is 1. The highest BCUT2D eigenvalue weighted by Crippen LogP contribution is 2.28. The number of aromatic nitrogens is 1. The highest BCUT2D eigenvalue weighted by molar-refractivity contribution is 7.90. The quantitative estimate of drug-likeness (QED) is 0.907. The standard InChI is InChI=1S/C13H14N2O3S/c16-19(17,11-6-7-11)15-8-12-13(18-9-14-12)10-4-2-1-3-5-10/h1-5,9,11,15H,6-8H2. The van der Waals surface area contributed by atoms with E-state index in [4.69, 9.17) is 4.42 Å². The Balaban J connectivity index is 1.78. The fourth-order valence-electron chi connectivity index (χ4n) is 1.88. The molecular weight excluding hydrogens is 264 g/mol. The molecule has 19 heavy (non-hydrogen) atoms. The van der Waals surface area contributed by atoms with Crippen molar-refractivity contribution in [2.75, 3.05) is 0 Å². The lowest BCUT2D eigenvalue weighted by Crippen LogP contribution is -2.27. The number of hydrogen-bond donors (Lipinski definition) is 1. The van der Waals surface area contributed by atoms with Gasteiger partial charge in [-0.05, 0) is 12.8 Å². The van der Waals surface area contributed by atoms with Crippen LogP contribution in [0, 0.1) is 0 Å². The number of benzene rings is 1. The van der Waals surface area contributed by atoms with Crippen LogP contribution in [-0.4, -0.2) is 18.7 Å². The molecule has 1 saturated carbocycles. The third-order valence-corrected chi connectivity index (χ3v) is 4.98. The van der Waals surface area contributed by atoms with Crippen LogP contribution < -0.4 is 4.72 Å². The third-order valence-electron chi connectivity index (χ3n) is 3.08. The predicted octanol–water partition coefficient (Wildman–Crippen LogP) is 1.92. The zero-order valence-corrected chi connectivity index (χ0v) is 11.1. The molecule has 1 aliphatic rings. The van der Waals surface area contributed by atoms with Gasteiger partial charge >= 0.3 is 0 Å². The maximum absolute atomic E-state index is 11.8. The lowest BCUT2D eigenvalue weighted by Gasteiger charge is -2.04. The van der Waals surface area contributed by atoms with Crippen molar-refractivity contribution >= 4 is 10.0 Å². The fraction of sp³-hybridized carbons (Fsp3) is 0.308. The van der Waals surface area contributed by atoms with E-state index in [0.29, 0.717) is 11.5 Å². The van der Waals surface area contributed by atoms with E-state index in [2.05, 4.69) is 9.71 Å². The van der Waals surface area contributed by atoms with Crippen LogP contribution in [0.25, 0.3) is 11.3 Å². The summed E-state index contributed by atoms with van der Waals surface area (Å²) in [7, 11) is -3.19. The Kier molecular flexibility index (Phi) is 3.12. The predicted molar refractivity (Wildman–Crippen MR) is 70.7 cm³/mol. The van der Waals surface area contributed by atoms with Crippen LogP contribution in [0.2, 0.25) is 0 Å². The van der Waals surface area contributed by atoms with Gasteiger partial charge in [-0.3, -0.25) is 0 Å². The Morgan fingerprint density at radius 1 is 1.26 bits per heavy atom. The Morgan fingerprint density at radius 3 is 2.68 bits per heavy atom. The largest absolute Gasteiger partial charge is 0.443 e. The van der Waals surface area contributed by atoms with Crippen molar-refractivity contribution < 1.29 is 12.8 Å². The molecule has 1 aromatic heterocycles. The molecule has 1 fully saturated rings. The second-order valence-electron chi connectivity index (χ2n) is 4.56. The summed E-state index contributed by atoms with van der Waals surface area (Å²) in [6.07, 6.45) is 2.84. The summed E-state index contributed by atoms with van der Waals surface area (Å²) in [6, 6.07) is 9.51. The molecule has 0 bridgehead atoms. The topological polar surface area (TPSA) is 72.2 Å². The normalized spacial score (nSPS) is 15.6. The molecule has 0 atom stereocenters. The molecule has 0 radical (unpaired) electrons. The number of rotatable bonds is 5. The highest BCUT2D eigenvalue weighted by atomic mass is 32.2. The van der Waals surface area contributed by atoms with Crippen molar-refractivity contribution in [2.24, 2.45) is 0 Å². The molecule has 2 aromatic rings. The molecule has 1 N–H and O–H groups in total. The van der Waals surface area contributed by atoms with Crippen LogP contribution in [0.3, 0.4) is 0 Å². The van der Waals surface area contributed by atoms with Crippen LogP contribution >= 0.6 is 0 Å². The lowest BCUT2D eigenvalue weighted by molar-refractivity contribution is 0.569. The van der Waals surface area contributed by atoms with Gasteiger partial charge in [-0.15, -0.1) is 0 Å². The van der Waals surface area contributed by atoms with E-state index in [9.17, 15) is 8.42 Å². The molecule has 1 aliphatic carbocycles. The van der Waals surface area contributed by atoms with Crippen molar-refractivity contribution in [1.29, 1.82) is 0 Å². The molecule has 0 amide bonds. The zero-order chi connectivity index (χ0) is 13.3. The highest BCUT2D eigenvalue weighted by Gasteiger charge is 2.35. The molecule has 100 valence electrons. The van der Waals surface area contributed by atoms with Gasteiger partial charge in [0, 0.05) is 5.56 Å². The molecule has 1 heterocycles. The minimum atomic E-state index is -3.19. The van der Waals surface area contributed by atoms with Crippen LogP contribution in [0.15, 0.2) is 41.1 Å². The van der Waals surface area contributed by atoms with Crippen LogP contribution in [0.4, 0.5) is 0 Å². The van der Waals surface area contributed by atoms with Crippen molar-refractivity contribution in [2.45, 2.75) is 24.6 Å². The zero-order valence-electron chi connectivity index (χ0n) is 10.2. The Hall–Kier alpha value is -1.66. The summed E-state index contributed by atoms with van der Waals surface area (Å²) in [5.74, 6) is 0.610. The summed E-state index contributed by atoms with van der Waals surface area (Å²) in [6.45, 7) is 0.166. The Labute approximate surface area is 111 Å². The van der Waals surface area contributed by atoms with E-state index in [1.165, 1.54) is 6.39 Å². The monoisotopic (exact) mass is 278 g/mol. The molecule has 6 heteroatoms. The third kappa shape index (κ3) is 2.69. The number of oxazole rings is 1. The van der Waals surface area contributed by atoms with Crippen molar-refractivity contribution in [1.82, 2.24) is 9.71 Å². The molecule has 1 aromatic carbocycles. The van der Waals surface area contributed by atoms with Gasteiger partial charge in [-0.2, -0.15) is 0 Å². The maximum Gasteiger partial charge on any atom is 0.214 e. The van der Waals surface area contributed by atoms with Gasteiger partial charge in [-0.1, -0.05) is 30.3 Å². The molecule has 5 nitrogen and oxygen atoms in total. The Morgan fingerprint density at radius 2 is 2.00 bits per heavy atom.